The van der Waals surface area contributed by atoms with Crippen LogP contribution >= 0.6 is 0 Å². The zero-order valence-electron chi connectivity index (χ0n) is 66.5. The van der Waals surface area contributed by atoms with Gasteiger partial charge in [0.15, 0.2) is 49.9 Å². The molecule has 0 saturated carbocycles. The number of nitrogens with zero attached hydrogens (tertiary/aromatic N) is 4. The van der Waals surface area contributed by atoms with Gasteiger partial charge in [0.05, 0.1) is 0 Å². The van der Waals surface area contributed by atoms with Crippen LogP contribution in [0.3, 0.4) is 0 Å². The van der Waals surface area contributed by atoms with Gasteiger partial charge < -0.3 is 57.6 Å². The summed E-state index contributed by atoms with van der Waals surface area (Å²) in [5.74, 6) is 2.16. The Morgan fingerprint density at radius 2 is 0.311 bits per heavy atom. The monoisotopic (exact) mass is 1540 g/mol. The molecule has 0 N–H and O–H groups in total. The van der Waals surface area contributed by atoms with E-state index in [4.69, 9.17) is 38.0 Å². The lowest BCUT2D eigenvalue weighted by atomic mass is 10.1. The van der Waals surface area contributed by atoms with Crippen molar-refractivity contribution >= 4 is 145 Å². The van der Waals surface area contributed by atoms with Crippen molar-refractivity contribution in [3.63, 3.8) is 0 Å². The molecule has 9 rings (SSSR count). The van der Waals surface area contributed by atoms with Crippen LogP contribution in [0, 0.1) is 41.5 Å². The first-order valence-electron chi connectivity index (χ1n) is 36.0. The lowest BCUT2D eigenvalue weighted by Crippen LogP contribution is -2.56. The van der Waals surface area contributed by atoms with Crippen molar-refractivity contribution in [2.24, 2.45) is 0 Å². The highest BCUT2D eigenvalue weighted by Crippen LogP contribution is 2.45. The summed E-state index contributed by atoms with van der Waals surface area (Å²) >= 11 is 0. The summed E-state index contributed by atoms with van der Waals surface area (Å²) in [4.78, 5) is 9.28. The molecule has 0 aliphatic carbocycles. The van der Waals surface area contributed by atoms with E-state index in [1.165, 1.54) is 33.4 Å². The van der Waals surface area contributed by atoms with Gasteiger partial charge in [-0.05, 0) is 375 Å². The average molecular weight is 1540 g/mol. The quantitative estimate of drug-likeness (QED) is 0.0400. The maximum absolute atomic E-state index is 6.81. The second-order valence-electron chi connectivity index (χ2n) is 33.4. The summed E-state index contributed by atoms with van der Waals surface area (Å²) in [5, 5.41) is 0. The highest BCUT2D eigenvalue weighted by atomic mass is 28.5. The van der Waals surface area contributed by atoms with E-state index in [0.29, 0.717) is 0 Å². The number of benzene rings is 9. The van der Waals surface area contributed by atoms with Gasteiger partial charge in [-0.3, -0.25) is 0 Å². The van der Waals surface area contributed by atoms with E-state index in [1.807, 2.05) is 19.6 Å². The molecule has 0 amide bonds. The lowest BCUT2D eigenvalue weighted by Gasteiger charge is -2.37. The largest absolute Gasteiger partial charge is 0.541 e. The minimum atomic E-state index is -3.07. The smallest absolute Gasteiger partial charge is 0.502 e. The van der Waals surface area contributed by atoms with E-state index >= 15 is 0 Å². The van der Waals surface area contributed by atoms with Crippen molar-refractivity contribution in [1.82, 2.24) is 0 Å². The predicted molar refractivity (Wildman–Crippen MR) is 457 cm³/mol. The van der Waals surface area contributed by atoms with E-state index in [-0.39, 0.29) is 0 Å². The summed E-state index contributed by atoms with van der Waals surface area (Å²) < 4.78 is 61.0. The molecular weight excluding hydrogens is 1430 g/mol. The second kappa shape index (κ2) is 31.4. The van der Waals surface area contributed by atoms with Crippen LogP contribution < -0.4 is 32.9 Å². The maximum Gasteiger partial charge on any atom is 0.541 e. The Labute approximate surface area is 627 Å². The SMILES string of the molecule is Cc1ccc(N(c2ccc(O[Si](C)(O[Si](C)(C)C)O[Si](C)(C)C)cc2)c2ccc(N(c3ccc(N(c4ccc(O[Si](C)(O[Si](C)(C)C)O[Si](C)(C)C)cc4)c4ccc(C)c(C)c4)cc3)c3ccc(N(c4ccc(O[Si](C)(O[Si](C)(C)C)O[Si](C)(C)C)cc4)c4ccc(C)c(C)c4)cc3)cc2)cc1C. The van der Waals surface area contributed by atoms with Crippen molar-refractivity contribution in [2.75, 3.05) is 19.6 Å². The minimum Gasteiger partial charge on any atom is -0.502 e. The number of hydrogen-bond donors (Lipinski definition) is 0. The Morgan fingerprint density at radius 1 is 0.175 bits per heavy atom. The summed E-state index contributed by atoms with van der Waals surface area (Å²) in [6, 6.07) is 71.8. The highest BCUT2D eigenvalue weighted by molar-refractivity contribution is 6.87. The first kappa shape index (κ1) is 80.4. The van der Waals surface area contributed by atoms with Crippen LogP contribution in [0.1, 0.15) is 33.4 Å². The molecule has 0 aliphatic heterocycles. The third-order valence-electron chi connectivity index (χ3n) is 16.5. The van der Waals surface area contributed by atoms with Crippen molar-refractivity contribution in [1.29, 1.82) is 0 Å². The standard InChI is InChI=1S/C81H114N4O9Si9/c1-61-28-31-76(58-64(61)4)83(73-46-52-79(53-47-73)86-101(25,89-95(7,8)9)90-96(10,11)12)70-40-34-67(35-41-70)82(68-36-42-71(43-37-68)84(77-32-29-62(2)65(5)59-77)74-48-54-80(55-49-74)87-102(26,91-97(13,14)15)92-98(16,17)18)69-38-44-72(45-39-69)85(78-33-30-63(3)66(6)60-78)75-50-56-81(57-51-75)88-103(27,93-99(19,20)21)94-100(22,23)24/h28-60H,1-27H3. The van der Waals surface area contributed by atoms with Gasteiger partial charge in [-0.15, -0.1) is 0 Å². The summed E-state index contributed by atoms with van der Waals surface area (Å²) in [6.07, 6.45) is 0. The molecule has 13 nitrogen and oxygen atoms in total. The van der Waals surface area contributed by atoms with Crippen molar-refractivity contribution in [3.05, 3.63) is 234 Å². The molecule has 0 unspecified atom stereocenters. The fraction of sp³-hybridized carbons (Fsp3) is 0.333. The topological polar surface area (TPSA) is 96.0 Å². The molecule has 22 heteroatoms. The van der Waals surface area contributed by atoms with Crippen LogP contribution in [0.5, 0.6) is 17.2 Å². The molecule has 0 bridgehead atoms. The van der Waals surface area contributed by atoms with Gasteiger partial charge in [0.1, 0.15) is 17.2 Å². The number of rotatable bonds is 30. The number of anilines is 12. The molecule has 9 aromatic rings. The van der Waals surface area contributed by atoms with Crippen molar-refractivity contribution in [3.8, 4) is 17.2 Å². The fourth-order valence-corrected chi connectivity index (χ4v) is 43.8. The van der Waals surface area contributed by atoms with Crippen LogP contribution in [0.2, 0.25) is 137 Å². The zero-order valence-corrected chi connectivity index (χ0v) is 75.5. The molecule has 0 heterocycles. The Balaban J connectivity index is 1.15. The number of hydrogen-bond acceptors (Lipinski definition) is 13. The number of aryl methyl sites for hydroxylation is 6. The van der Waals surface area contributed by atoms with Gasteiger partial charge in [-0.1, -0.05) is 18.2 Å². The molecular formula is C81H114N4O9Si9. The first-order valence-corrected chi connectivity index (χ1v) is 63.1. The Bertz CT molecular complexity index is 3850. The first-order chi connectivity index (χ1) is 47.7. The van der Waals surface area contributed by atoms with Gasteiger partial charge in [-0.25, -0.2) is 0 Å². The highest BCUT2D eigenvalue weighted by Gasteiger charge is 2.48. The molecule has 0 fully saturated rings. The van der Waals surface area contributed by atoms with Gasteiger partial charge in [0.2, 0.25) is 0 Å². The van der Waals surface area contributed by atoms with Crippen LogP contribution in [0.25, 0.3) is 0 Å². The molecule has 548 valence electrons. The van der Waals surface area contributed by atoms with Crippen LogP contribution in [-0.2, 0) is 24.7 Å². The van der Waals surface area contributed by atoms with Crippen LogP contribution in [-0.4, -0.2) is 76.3 Å². The maximum atomic E-state index is 6.81. The molecule has 0 radical (unpaired) electrons. The molecule has 0 spiro atoms. The van der Waals surface area contributed by atoms with Crippen LogP contribution in [0.4, 0.5) is 68.2 Å². The molecule has 0 atom stereocenters. The summed E-state index contributed by atoms with van der Waals surface area (Å²) in [5.41, 5.74) is 19.3. The minimum absolute atomic E-state index is 0.721. The van der Waals surface area contributed by atoms with E-state index in [9.17, 15) is 0 Å². The lowest BCUT2D eigenvalue weighted by molar-refractivity contribution is 0.264. The van der Waals surface area contributed by atoms with E-state index in [0.717, 1.165) is 85.5 Å². The Hall–Kier alpha value is -6.71. The third-order valence-corrected chi connectivity index (χ3v) is 41.9. The summed E-state index contributed by atoms with van der Waals surface area (Å²) in [7, 11) is -21.4. The molecule has 0 aromatic heterocycles. The second-order valence-corrected chi connectivity index (χ2v) is 69.4. The molecule has 9 aromatic carbocycles. The molecule has 103 heavy (non-hydrogen) atoms. The van der Waals surface area contributed by atoms with E-state index in [1.54, 1.807) is 0 Å². The van der Waals surface area contributed by atoms with E-state index in [2.05, 4.69) is 379 Å². The van der Waals surface area contributed by atoms with Crippen molar-refractivity contribution in [2.45, 2.75) is 179 Å². The van der Waals surface area contributed by atoms with E-state index < -0.39 is 76.3 Å². The normalized spacial score (nSPS) is 12.8. The fourth-order valence-electron chi connectivity index (χ4n) is 12.8. The zero-order chi connectivity index (χ0) is 75.6. The van der Waals surface area contributed by atoms with Crippen LogP contribution in [0.15, 0.2) is 200 Å². The molecule has 0 aliphatic rings. The Kier molecular flexibility index (Phi) is 24.5. The van der Waals surface area contributed by atoms with Gasteiger partial charge in [-0.2, -0.15) is 0 Å². The average Bonchev–Trinajstić information content (AvgIpc) is 0.775. The van der Waals surface area contributed by atoms with Gasteiger partial charge in [0, 0.05) is 87.9 Å². The van der Waals surface area contributed by atoms with Gasteiger partial charge in [0.25, 0.3) is 0 Å². The predicted octanol–water partition coefficient (Wildman–Crippen LogP) is 25.4. The Morgan fingerprint density at radius 3 is 0.456 bits per heavy atom. The molecule has 0 saturated heterocycles. The van der Waals surface area contributed by atoms with Crippen molar-refractivity contribution < 1.29 is 38.0 Å². The van der Waals surface area contributed by atoms with Gasteiger partial charge >= 0.3 is 26.4 Å². The summed E-state index contributed by atoms with van der Waals surface area (Å²) in [6.45, 7) is 58.6. The third kappa shape index (κ3) is 22.7.